The number of hydrogen-bond donors (Lipinski definition) is 0. The summed E-state index contributed by atoms with van der Waals surface area (Å²) in [5, 5.41) is 1.58. The molecule has 32 heavy (non-hydrogen) atoms. The van der Waals surface area contributed by atoms with Crippen molar-refractivity contribution in [2.45, 2.75) is 45.1 Å². The summed E-state index contributed by atoms with van der Waals surface area (Å²) in [6.45, 7) is 4.66. The van der Waals surface area contributed by atoms with Crippen LogP contribution in [-0.2, 0) is 14.4 Å². The van der Waals surface area contributed by atoms with Crippen molar-refractivity contribution < 1.29 is 14.4 Å². The average molecular weight is 437 g/mol. The first-order valence-electron chi connectivity index (χ1n) is 11.4. The molecule has 1 atom stereocenters. The number of amides is 2. The summed E-state index contributed by atoms with van der Waals surface area (Å²) >= 11 is 0. The number of carbonyl (C=O) groups is 2. The highest BCUT2D eigenvalue weighted by atomic mass is 16.7. The van der Waals surface area contributed by atoms with Gasteiger partial charge in [0.1, 0.15) is 18.0 Å². The predicted molar refractivity (Wildman–Crippen MR) is 118 cm³/mol. The molecule has 0 aliphatic carbocycles. The van der Waals surface area contributed by atoms with E-state index in [1.807, 2.05) is 31.3 Å². The molecule has 0 unspecified atom stereocenters. The fourth-order valence-corrected chi connectivity index (χ4v) is 4.75. The standard InChI is InChI=1S/C23H28N6O3/c1-16-4-5-18(14-24-16)19-8-12-32-29(19)23(31)17-6-10-27(11-7-17)20-13-21(26-15-25-20)28-9-2-3-22(28)30/h4-5,13-15,17,19H,2-3,6-12H2,1H3/t19-/m0/s1. The van der Waals surface area contributed by atoms with Crippen LogP contribution in [0.2, 0.25) is 0 Å². The Hall–Kier alpha value is -3.07. The molecule has 3 saturated heterocycles. The normalized spacial score (nSPS) is 22.1. The Morgan fingerprint density at radius 2 is 1.88 bits per heavy atom. The zero-order chi connectivity index (χ0) is 22.1. The first kappa shape index (κ1) is 20.8. The van der Waals surface area contributed by atoms with Crippen LogP contribution >= 0.6 is 0 Å². The molecule has 0 radical (unpaired) electrons. The van der Waals surface area contributed by atoms with Gasteiger partial charge in [0.05, 0.1) is 12.6 Å². The molecule has 5 heterocycles. The number of anilines is 2. The quantitative estimate of drug-likeness (QED) is 0.727. The Labute approximate surface area is 187 Å². The van der Waals surface area contributed by atoms with Crippen molar-refractivity contribution >= 4 is 23.5 Å². The lowest BCUT2D eigenvalue weighted by molar-refractivity contribution is -0.182. The van der Waals surface area contributed by atoms with E-state index in [-0.39, 0.29) is 23.8 Å². The largest absolute Gasteiger partial charge is 0.356 e. The Kier molecular flexibility index (Phi) is 5.73. The zero-order valence-corrected chi connectivity index (χ0v) is 18.3. The van der Waals surface area contributed by atoms with Crippen LogP contribution in [0.15, 0.2) is 30.7 Å². The van der Waals surface area contributed by atoms with E-state index in [9.17, 15) is 9.59 Å². The summed E-state index contributed by atoms with van der Waals surface area (Å²) in [7, 11) is 0. The molecule has 9 heteroatoms. The molecule has 2 amide bonds. The maximum atomic E-state index is 13.3. The number of aryl methyl sites for hydroxylation is 1. The Balaban J connectivity index is 1.22. The molecular weight excluding hydrogens is 408 g/mol. The molecule has 0 aromatic carbocycles. The van der Waals surface area contributed by atoms with Gasteiger partial charge < -0.3 is 4.90 Å². The van der Waals surface area contributed by atoms with Crippen LogP contribution < -0.4 is 9.80 Å². The number of piperidine rings is 1. The van der Waals surface area contributed by atoms with Crippen molar-refractivity contribution in [2.75, 3.05) is 36.0 Å². The molecule has 0 spiro atoms. The number of carbonyl (C=O) groups excluding carboxylic acids is 2. The third kappa shape index (κ3) is 4.04. The van der Waals surface area contributed by atoms with Crippen molar-refractivity contribution in [2.24, 2.45) is 5.92 Å². The van der Waals surface area contributed by atoms with Crippen LogP contribution in [0.5, 0.6) is 0 Å². The van der Waals surface area contributed by atoms with Gasteiger partial charge in [0.25, 0.3) is 0 Å². The molecule has 0 saturated carbocycles. The second-order valence-electron chi connectivity index (χ2n) is 8.68. The van der Waals surface area contributed by atoms with E-state index < -0.39 is 0 Å². The molecule has 3 aliphatic heterocycles. The van der Waals surface area contributed by atoms with Gasteiger partial charge in [0, 0.05) is 56.4 Å². The molecular formula is C23H28N6O3. The number of nitrogens with zero attached hydrogens (tertiary/aromatic N) is 6. The van der Waals surface area contributed by atoms with Crippen molar-refractivity contribution in [1.29, 1.82) is 0 Å². The third-order valence-corrected chi connectivity index (χ3v) is 6.60. The molecule has 168 valence electrons. The Morgan fingerprint density at radius 1 is 1.06 bits per heavy atom. The third-order valence-electron chi connectivity index (χ3n) is 6.60. The van der Waals surface area contributed by atoms with Crippen molar-refractivity contribution in [3.05, 3.63) is 42.0 Å². The van der Waals surface area contributed by atoms with Gasteiger partial charge in [-0.1, -0.05) is 6.07 Å². The van der Waals surface area contributed by atoms with Gasteiger partial charge in [-0.3, -0.25) is 24.3 Å². The SMILES string of the molecule is Cc1ccc([C@@H]2CCON2C(=O)C2CCN(c3cc(N4CCCC4=O)ncn3)CC2)cn1. The fraction of sp³-hybridized carbons (Fsp3) is 0.522. The molecule has 2 aromatic heterocycles. The summed E-state index contributed by atoms with van der Waals surface area (Å²) < 4.78 is 0. The molecule has 5 rings (SSSR count). The van der Waals surface area contributed by atoms with E-state index >= 15 is 0 Å². The lowest BCUT2D eigenvalue weighted by Gasteiger charge is -2.34. The van der Waals surface area contributed by atoms with Crippen LogP contribution in [0, 0.1) is 12.8 Å². The highest BCUT2D eigenvalue weighted by Gasteiger charge is 2.37. The summed E-state index contributed by atoms with van der Waals surface area (Å²) in [5.74, 6) is 1.56. The maximum Gasteiger partial charge on any atom is 0.249 e. The van der Waals surface area contributed by atoms with Crippen LogP contribution in [0.25, 0.3) is 0 Å². The second-order valence-corrected chi connectivity index (χ2v) is 8.68. The number of aromatic nitrogens is 3. The topological polar surface area (TPSA) is 91.8 Å². The molecule has 3 aliphatic rings. The van der Waals surface area contributed by atoms with Gasteiger partial charge in [-0.05, 0) is 37.8 Å². The minimum atomic E-state index is -0.0771. The van der Waals surface area contributed by atoms with Gasteiger partial charge in [-0.15, -0.1) is 0 Å². The summed E-state index contributed by atoms with van der Waals surface area (Å²) in [6, 6.07) is 5.81. The highest BCUT2D eigenvalue weighted by molar-refractivity contribution is 5.94. The predicted octanol–water partition coefficient (Wildman–Crippen LogP) is 2.43. The summed E-state index contributed by atoms with van der Waals surface area (Å²) in [6.07, 6.45) is 7.06. The van der Waals surface area contributed by atoms with E-state index in [2.05, 4.69) is 19.9 Å². The summed E-state index contributed by atoms with van der Waals surface area (Å²) in [4.78, 5) is 48.0. The maximum absolute atomic E-state index is 13.3. The monoisotopic (exact) mass is 436 g/mol. The number of rotatable bonds is 4. The minimum absolute atomic E-state index is 0.0544. The highest BCUT2D eigenvalue weighted by Crippen LogP contribution is 2.34. The molecule has 9 nitrogen and oxygen atoms in total. The van der Waals surface area contributed by atoms with E-state index in [0.717, 1.165) is 55.8 Å². The smallest absolute Gasteiger partial charge is 0.249 e. The van der Waals surface area contributed by atoms with Gasteiger partial charge in [-0.25, -0.2) is 15.0 Å². The van der Waals surface area contributed by atoms with Gasteiger partial charge >= 0.3 is 0 Å². The fourth-order valence-electron chi connectivity index (χ4n) is 4.75. The number of hydroxylamine groups is 2. The minimum Gasteiger partial charge on any atom is -0.356 e. The molecule has 3 fully saturated rings. The Morgan fingerprint density at radius 3 is 2.59 bits per heavy atom. The van der Waals surface area contributed by atoms with E-state index in [1.165, 1.54) is 6.33 Å². The lowest BCUT2D eigenvalue weighted by Crippen LogP contribution is -2.42. The van der Waals surface area contributed by atoms with E-state index in [0.29, 0.717) is 25.4 Å². The first-order chi connectivity index (χ1) is 15.6. The van der Waals surface area contributed by atoms with Crippen molar-refractivity contribution in [1.82, 2.24) is 20.0 Å². The summed E-state index contributed by atoms with van der Waals surface area (Å²) in [5.41, 5.74) is 1.98. The van der Waals surface area contributed by atoms with E-state index in [1.54, 1.807) is 9.96 Å². The zero-order valence-electron chi connectivity index (χ0n) is 18.3. The number of pyridine rings is 1. The average Bonchev–Trinajstić information content (AvgIpc) is 3.49. The van der Waals surface area contributed by atoms with Gasteiger partial charge in [-0.2, -0.15) is 0 Å². The number of hydrogen-bond acceptors (Lipinski definition) is 7. The van der Waals surface area contributed by atoms with Gasteiger partial charge in [0.2, 0.25) is 11.8 Å². The van der Waals surface area contributed by atoms with Crippen LogP contribution in [0.4, 0.5) is 11.6 Å². The Bertz CT molecular complexity index is 989. The van der Waals surface area contributed by atoms with Crippen LogP contribution in [0.3, 0.4) is 0 Å². The first-order valence-corrected chi connectivity index (χ1v) is 11.4. The van der Waals surface area contributed by atoms with E-state index in [4.69, 9.17) is 4.84 Å². The van der Waals surface area contributed by atoms with Crippen molar-refractivity contribution in [3.8, 4) is 0 Å². The van der Waals surface area contributed by atoms with Crippen LogP contribution in [-0.4, -0.2) is 58.1 Å². The van der Waals surface area contributed by atoms with Crippen molar-refractivity contribution in [3.63, 3.8) is 0 Å². The molecule has 0 bridgehead atoms. The second kappa shape index (κ2) is 8.82. The molecule has 0 N–H and O–H groups in total. The van der Waals surface area contributed by atoms with Crippen LogP contribution in [0.1, 0.15) is 49.4 Å². The van der Waals surface area contributed by atoms with Gasteiger partial charge in [0.15, 0.2) is 0 Å². The molecule has 2 aromatic rings. The lowest BCUT2D eigenvalue weighted by atomic mass is 9.94.